The van der Waals surface area contributed by atoms with Gasteiger partial charge in [0.2, 0.25) is 0 Å². The highest BCUT2D eigenvalue weighted by Crippen LogP contribution is 2.24. The molecule has 1 aliphatic rings. The molecular weight excluding hydrogens is 295 g/mol. The number of hydrogen-bond donors (Lipinski definition) is 1. The van der Waals surface area contributed by atoms with E-state index in [9.17, 15) is 4.39 Å². The van der Waals surface area contributed by atoms with Crippen LogP contribution in [0.15, 0.2) is 24.3 Å². The van der Waals surface area contributed by atoms with Crippen LogP contribution >= 0.6 is 0 Å². The molecule has 1 saturated heterocycles. The van der Waals surface area contributed by atoms with Gasteiger partial charge < -0.3 is 4.74 Å². The van der Waals surface area contributed by atoms with Crippen molar-refractivity contribution in [2.45, 2.75) is 38.8 Å². The lowest BCUT2D eigenvalue weighted by Gasteiger charge is -2.32. The van der Waals surface area contributed by atoms with Crippen molar-refractivity contribution >= 4 is 0 Å². The minimum atomic E-state index is -0.228. The van der Waals surface area contributed by atoms with Gasteiger partial charge >= 0.3 is 0 Å². The van der Waals surface area contributed by atoms with Gasteiger partial charge in [-0.25, -0.2) is 9.37 Å². The first-order valence-corrected chi connectivity index (χ1v) is 7.93. The average Bonchev–Trinajstić information content (AvgIpc) is 2.96. The minimum Gasteiger partial charge on any atom is -0.371 e. The number of ether oxygens (including phenoxy) is 1. The summed E-state index contributed by atoms with van der Waals surface area (Å²) in [7, 11) is 0. The summed E-state index contributed by atoms with van der Waals surface area (Å²) in [6, 6.07) is 6.62. The summed E-state index contributed by atoms with van der Waals surface area (Å²) in [5.74, 6) is 1.45. The smallest absolute Gasteiger partial charge is 0.156 e. The summed E-state index contributed by atoms with van der Waals surface area (Å²) in [5, 5.41) is 7.32. The van der Waals surface area contributed by atoms with Crippen molar-refractivity contribution in [3.8, 4) is 0 Å². The molecule has 23 heavy (non-hydrogen) atoms. The van der Waals surface area contributed by atoms with E-state index in [4.69, 9.17) is 4.74 Å². The Morgan fingerprint density at radius 3 is 2.91 bits per heavy atom. The highest BCUT2D eigenvalue weighted by Gasteiger charge is 2.24. The molecule has 1 fully saturated rings. The monoisotopic (exact) mass is 318 g/mol. The summed E-state index contributed by atoms with van der Waals surface area (Å²) in [5.41, 5.74) is 0.812. The molecule has 6 heteroatoms. The zero-order valence-corrected chi connectivity index (χ0v) is 13.8. The first-order valence-electron chi connectivity index (χ1n) is 7.93. The number of H-pyrrole nitrogens is 1. The van der Waals surface area contributed by atoms with E-state index in [0.717, 1.165) is 30.3 Å². The molecule has 1 N–H and O–H groups in total. The first kappa shape index (κ1) is 16.1. The Hall–Kier alpha value is -1.79. The van der Waals surface area contributed by atoms with Crippen molar-refractivity contribution in [1.29, 1.82) is 0 Å². The second kappa shape index (κ2) is 6.37. The molecule has 1 aliphatic heterocycles. The van der Waals surface area contributed by atoms with E-state index in [-0.39, 0.29) is 17.3 Å². The van der Waals surface area contributed by atoms with E-state index < -0.39 is 0 Å². The number of hydrogen-bond acceptors (Lipinski definition) is 4. The van der Waals surface area contributed by atoms with E-state index in [2.05, 4.69) is 40.9 Å². The number of benzene rings is 1. The summed E-state index contributed by atoms with van der Waals surface area (Å²) in [4.78, 5) is 6.83. The molecule has 0 saturated carbocycles. The molecule has 2 aromatic rings. The lowest BCUT2D eigenvalue weighted by atomic mass is 9.96. The molecule has 1 aromatic heterocycles. The zero-order valence-electron chi connectivity index (χ0n) is 13.8. The molecule has 3 rings (SSSR count). The summed E-state index contributed by atoms with van der Waals surface area (Å²) >= 11 is 0. The van der Waals surface area contributed by atoms with Crippen molar-refractivity contribution in [1.82, 2.24) is 20.1 Å². The second-order valence-corrected chi connectivity index (χ2v) is 7.01. The molecule has 5 nitrogen and oxygen atoms in total. The zero-order chi connectivity index (χ0) is 16.4. The highest BCUT2D eigenvalue weighted by atomic mass is 19.1. The van der Waals surface area contributed by atoms with Gasteiger partial charge in [-0.2, -0.15) is 5.10 Å². The van der Waals surface area contributed by atoms with Gasteiger partial charge in [-0.1, -0.05) is 32.9 Å². The molecule has 0 radical (unpaired) electrons. The third kappa shape index (κ3) is 3.95. The fourth-order valence-electron chi connectivity index (χ4n) is 2.67. The van der Waals surface area contributed by atoms with Crippen molar-refractivity contribution < 1.29 is 9.13 Å². The van der Waals surface area contributed by atoms with Crippen LogP contribution in [0.4, 0.5) is 4.39 Å². The molecule has 0 amide bonds. The van der Waals surface area contributed by atoms with E-state index in [1.165, 1.54) is 6.07 Å². The van der Waals surface area contributed by atoms with Gasteiger partial charge in [0, 0.05) is 18.5 Å². The predicted octanol–water partition coefficient (Wildman–Crippen LogP) is 2.81. The van der Waals surface area contributed by atoms with Crippen LogP contribution in [0.3, 0.4) is 0 Å². The van der Waals surface area contributed by atoms with Crippen LogP contribution in [0, 0.1) is 5.82 Å². The maximum Gasteiger partial charge on any atom is 0.156 e. The van der Waals surface area contributed by atoms with Crippen molar-refractivity contribution in [2.75, 3.05) is 19.7 Å². The topological polar surface area (TPSA) is 54.0 Å². The Kier molecular flexibility index (Phi) is 4.46. The lowest BCUT2D eigenvalue weighted by molar-refractivity contribution is -0.0337. The quantitative estimate of drug-likeness (QED) is 0.945. The van der Waals surface area contributed by atoms with Crippen LogP contribution < -0.4 is 0 Å². The van der Waals surface area contributed by atoms with Crippen molar-refractivity contribution in [2.24, 2.45) is 0 Å². The summed E-state index contributed by atoms with van der Waals surface area (Å²) in [6.07, 6.45) is -0.107. The van der Waals surface area contributed by atoms with E-state index in [1.807, 2.05) is 6.07 Å². The van der Waals surface area contributed by atoms with Crippen LogP contribution in [0.2, 0.25) is 0 Å². The van der Waals surface area contributed by atoms with Gasteiger partial charge in [-0.15, -0.1) is 0 Å². The maximum absolute atomic E-state index is 13.4. The molecule has 0 spiro atoms. The molecule has 1 aromatic carbocycles. The fraction of sp³-hybridized carbons (Fsp3) is 0.529. The number of nitrogens with zero attached hydrogens (tertiary/aromatic N) is 3. The normalized spacial score (nSPS) is 19.9. The van der Waals surface area contributed by atoms with Crippen LogP contribution in [0.5, 0.6) is 0 Å². The first-order chi connectivity index (χ1) is 10.9. The molecule has 0 bridgehead atoms. The van der Waals surface area contributed by atoms with Gasteiger partial charge in [0.15, 0.2) is 5.82 Å². The third-order valence-electron chi connectivity index (χ3n) is 3.95. The number of morpholine rings is 1. The Morgan fingerprint density at radius 1 is 1.39 bits per heavy atom. The van der Waals surface area contributed by atoms with E-state index in [1.54, 1.807) is 12.1 Å². The fourth-order valence-corrected chi connectivity index (χ4v) is 2.67. The molecule has 2 heterocycles. The number of aromatic nitrogens is 3. The van der Waals surface area contributed by atoms with Gasteiger partial charge in [0.25, 0.3) is 0 Å². The second-order valence-electron chi connectivity index (χ2n) is 7.01. The average molecular weight is 318 g/mol. The van der Waals surface area contributed by atoms with Crippen LogP contribution in [-0.4, -0.2) is 39.8 Å². The van der Waals surface area contributed by atoms with Gasteiger partial charge in [-0.3, -0.25) is 10.00 Å². The van der Waals surface area contributed by atoms with Crippen LogP contribution in [-0.2, 0) is 16.7 Å². The van der Waals surface area contributed by atoms with Gasteiger partial charge in [-0.05, 0) is 17.7 Å². The van der Waals surface area contributed by atoms with Crippen LogP contribution in [0.1, 0.15) is 44.1 Å². The molecule has 124 valence electrons. The third-order valence-corrected chi connectivity index (χ3v) is 3.95. The Labute approximate surface area is 135 Å². The van der Waals surface area contributed by atoms with Gasteiger partial charge in [0.1, 0.15) is 11.6 Å². The van der Waals surface area contributed by atoms with Crippen molar-refractivity contribution in [3.05, 3.63) is 47.3 Å². The van der Waals surface area contributed by atoms with E-state index in [0.29, 0.717) is 13.2 Å². The largest absolute Gasteiger partial charge is 0.371 e. The predicted molar refractivity (Wildman–Crippen MR) is 85.5 cm³/mol. The highest BCUT2D eigenvalue weighted by molar-refractivity contribution is 5.19. The lowest BCUT2D eigenvalue weighted by Crippen LogP contribution is -2.38. The van der Waals surface area contributed by atoms with E-state index >= 15 is 0 Å². The summed E-state index contributed by atoms with van der Waals surface area (Å²) < 4.78 is 19.2. The number of halogens is 1. The number of rotatable bonds is 3. The summed E-state index contributed by atoms with van der Waals surface area (Å²) in [6.45, 7) is 9.14. The van der Waals surface area contributed by atoms with Crippen molar-refractivity contribution in [3.63, 3.8) is 0 Å². The Bertz CT molecular complexity index is 665. The molecule has 1 unspecified atom stereocenters. The standard InChI is InChI=1S/C17H23FN4O/c1-17(2,3)16-19-15(20-21-16)11-22-7-8-23-14(10-22)12-5-4-6-13(18)9-12/h4-6,9,14H,7-8,10-11H2,1-3H3,(H,19,20,21). The number of nitrogens with one attached hydrogen (secondary N) is 1. The Balaban J connectivity index is 1.66. The van der Waals surface area contributed by atoms with Crippen LogP contribution in [0.25, 0.3) is 0 Å². The minimum absolute atomic E-state index is 0.0656. The maximum atomic E-state index is 13.4. The SMILES string of the molecule is CC(C)(C)c1n[nH]c(CN2CCOC(c3cccc(F)c3)C2)n1. The molecule has 1 atom stereocenters. The number of aromatic amines is 1. The molecular formula is C17H23FN4O. The van der Waals surface area contributed by atoms with Gasteiger partial charge in [0.05, 0.1) is 19.3 Å². The Morgan fingerprint density at radius 2 is 2.22 bits per heavy atom. The molecule has 0 aliphatic carbocycles.